The Morgan fingerprint density at radius 3 is 2.74 bits per heavy atom. The summed E-state index contributed by atoms with van der Waals surface area (Å²) in [5, 5.41) is 5.22. The molecule has 168 valence electrons. The molecule has 3 fully saturated rings. The highest BCUT2D eigenvalue weighted by molar-refractivity contribution is 8.03. The van der Waals surface area contributed by atoms with Crippen molar-refractivity contribution in [2.45, 2.75) is 43.5 Å². The first-order chi connectivity index (χ1) is 14.9. The lowest BCUT2D eigenvalue weighted by molar-refractivity contribution is -0.941. The van der Waals surface area contributed by atoms with Crippen LogP contribution < -0.4 is 5.32 Å². The van der Waals surface area contributed by atoms with Crippen LogP contribution in [0.4, 0.5) is 9.18 Å². The van der Waals surface area contributed by atoms with Crippen molar-refractivity contribution in [3.63, 3.8) is 0 Å². The molecule has 3 atom stereocenters. The topological polar surface area (TPSA) is 38.3 Å². The van der Waals surface area contributed by atoms with E-state index in [2.05, 4.69) is 30.3 Å². The molecule has 1 aromatic rings. The molecule has 0 aromatic heterocycles. The summed E-state index contributed by atoms with van der Waals surface area (Å²) >= 11 is 1.79. The van der Waals surface area contributed by atoms with Crippen molar-refractivity contribution in [1.82, 2.24) is 5.32 Å². The van der Waals surface area contributed by atoms with Crippen molar-refractivity contribution in [2.75, 3.05) is 32.7 Å². The molecule has 1 aromatic carbocycles. The highest BCUT2D eigenvalue weighted by atomic mass is 32.2. The van der Waals surface area contributed by atoms with E-state index in [1.54, 1.807) is 11.8 Å². The van der Waals surface area contributed by atoms with Gasteiger partial charge >= 0.3 is 6.09 Å². The number of piperidine rings is 3. The molecule has 31 heavy (non-hydrogen) atoms. The van der Waals surface area contributed by atoms with E-state index in [-0.39, 0.29) is 22.8 Å². The van der Waals surface area contributed by atoms with Gasteiger partial charge in [-0.1, -0.05) is 31.7 Å². The fraction of sp³-hybridized carbons (Fsp3) is 0.560. The standard InChI is InChI=1S/C25H33FN2O2S/c1-3-13-28-14-9-21(10-15-28)23(17-28)30-24(29)27-18-25(19(2)11-16-31-25)12-8-20-4-6-22(26)7-5-20/h3-7,11,16,19,21,23H,1,8-10,12-15,17-18H2,2H3/p+1/t19?,21?,23-,25?,28?/m0/s1. The van der Waals surface area contributed by atoms with Crippen LogP contribution in [0.1, 0.15) is 31.7 Å². The monoisotopic (exact) mass is 445 g/mol. The molecule has 1 amide bonds. The Morgan fingerprint density at radius 2 is 2.10 bits per heavy atom. The molecule has 4 nitrogen and oxygen atoms in total. The maximum Gasteiger partial charge on any atom is 0.407 e. The SMILES string of the molecule is C=CC[N+]12CCC(CC1)[C@@H](OC(=O)NCC1(CCc3ccc(F)cc3)SC=CC1C)C2. The summed E-state index contributed by atoms with van der Waals surface area (Å²) in [7, 11) is 0. The van der Waals surface area contributed by atoms with Gasteiger partial charge in [0.2, 0.25) is 0 Å². The quantitative estimate of drug-likeness (QED) is 0.456. The molecule has 0 aliphatic carbocycles. The van der Waals surface area contributed by atoms with E-state index >= 15 is 0 Å². The average Bonchev–Trinajstić information content (AvgIpc) is 3.13. The fourth-order valence-electron chi connectivity index (χ4n) is 5.45. The van der Waals surface area contributed by atoms with Crippen LogP contribution in [-0.4, -0.2) is 54.2 Å². The van der Waals surface area contributed by atoms with Crippen LogP contribution in [-0.2, 0) is 11.2 Å². The number of ether oxygens (including phenoxy) is 1. The van der Waals surface area contributed by atoms with E-state index in [0.29, 0.717) is 18.4 Å². The average molecular weight is 446 g/mol. The number of carbonyl (C=O) groups excluding carboxylic acids is 1. The normalized spacial score (nSPS) is 33.9. The van der Waals surface area contributed by atoms with E-state index < -0.39 is 0 Å². The summed E-state index contributed by atoms with van der Waals surface area (Å²) in [4.78, 5) is 12.7. The fourth-order valence-corrected chi connectivity index (χ4v) is 6.70. The predicted octanol–water partition coefficient (Wildman–Crippen LogP) is 4.91. The third-order valence-corrected chi connectivity index (χ3v) is 9.08. The second kappa shape index (κ2) is 9.37. The second-order valence-electron chi connectivity index (χ2n) is 9.50. The number of rotatable bonds is 8. The molecule has 3 saturated heterocycles. The summed E-state index contributed by atoms with van der Waals surface area (Å²) in [6.07, 6.45) is 7.93. The Bertz CT molecular complexity index is 819. The summed E-state index contributed by atoms with van der Waals surface area (Å²) < 4.78 is 20.1. The number of amides is 1. The molecule has 6 heteroatoms. The maximum atomic E-state index is 13.2. The first kappa shape index (κ1) is 22.4. The lowest BCUT2D eigenvalue weighted by Crippen LogP contribution is -2.64. The molecule has 5 rings (SSSR count). The van der Waals surface area contributed by atoms with Crippen molar-refractivity contribution >= 4 is 17.9 Å². The molecular formula is C25H34FN2O2S+. The zero-order valence-corrected chi connectivity index (χ0v) is 19.2. The lowest BCUT2D eigenvalue weighted by atomic mass is 9.83. The number of allylic oxidation sites excluding steroid dienone is 1. The molecule has 4 aliphatic heterocycles. The summed E-state index contributed by atoms with van der Waals surface area (Å²) in [6.45, 7) is 10.9. The van der Waals surface area contributed by atoms with Crippen LogP contribution in [0.15, 0.2) is 48.4 Å². The van der Waals surface area contributed by atoms with Crippen molar-refractivity contribution in [3.8, 4) is 0 Å². The van der Waals surface area contributed by atoms with Gasteiger partial charge in [-0.25, -0.2) is 9.18 Å². The number of thioether (sulfide) groups is 1. The molecule has 0 radical (unpaired) electrons. The minimum Gasteiger partial charge on any atom is -0.440 e. The summed E-state index contributed by atoms with van der Waals surface area (Å²) in [5.41, 5.74) is 1.12. The maximum absolute atomic E-state index is 13.2. The first-order valence-electron chi connectivity index (χ1n) is 11.4. The van der Waals surface area contributed by atoms with Crippen LogP contribution in [0.3, 0.4) is 0 Å². The Morgan fingerprint density at radius 1 is 1.35 bits per heavy atom. The third-order valence-electron chi connectivity index (χ3n) is 7.60. The molecule has 2 bridgehead atoms. The first-order valence-corrected chi connectivity index (χ1v) is 12.3. The number of carbonyl (C=O) groups is 1. The molecule has 1 N–H and O–H groups in total. The Kier molecular flexibility index (Phi) is 6.77. The summed E-state index contributed by atoms with van der Waals surface area (Å²) in [6, 6.07) is 6.71. The van der Waals surface area contributed by atoms with E-state index in [1.807, 2.05) is 18.2 Å². The van der Waals surface area contributed by atoms with Crippen molar-refractivity contribution < 1.29 is 18.4 Å². The van der Waals surface area contributed by atoms with E-state index in [0.717, 1.165) is 48.8 Å². The number of halogens is 1. The van der Waals surface area contributed by atoms with E-state index in [9.17, 15) is 9.18 Å². The Labute approximate surface area is 189 Å². The minimum absolute atomic E-state index is 0.00407. The Hall–Kier alpha value is -1.79. The van der Waals surface area contributed by atoms with Gasteiger partial charge in [-0.3, -0.25) is 0 Å². The lowest BCUT2D eigenvalue weighted by Gasteiger charge is -2.51. The van der Waals surface area contributed by atoms with Crippen LogP contribution >= 0.6 is 11.8 Å². The van der Waals surface area contributed by atoms with Gasteiger partial charge in [-0.2, -0.15) is 0 Å². The molecule has 0 saturated carbocycles. The number of quaternary nitrogens is 1. The van der Waals surface area contributed by atoms with Crippen LogP contribution in [0.2, 0.25) is 0 Å². The van der Waals surface area contributed by atoms with Crippen LogP contribution in [0.5, 0.6) is 0 Å². The zero-order valence-electron chi connectivity index (χ0n) is 18.4. The van der Waals surface area contributed by atoms with Crippen molar-refractivity contribution in [3.05, 3.63) is 59.8 Å². The van der Waals surface area contributed by atoms with Crippen molar-refractivity contribution in [1.29, 1.82) is 0 Å². The second-order valence-corrected chi connectivity index (χ2v) is 10.8. The smallest absolute Gasteiger partial charge is 0.407 e. The van der Waals surface area contributed by atoms with Gasteiger partial charge in [0.25, 0.3) is 0 Å². The zero-order chi connectivity index (χ0) is 21.9. The highest BCUT2D eigenvalue weighted by Gasteiger charge is 2.47. The van der Waals surface area contributed by atoms with Gasteiger partial charge in [0.15, 0.2) is 6.10 Å². The van der Waals surface area contributed by atoms with Gasteiger partial charge in [-0.05, 0) is 47.9 Å². The molecular weight excluding hydrogens is 411 g/mol. The molecule has 4 aliphatic rings. The number of alkyl carbamates (subject to hydrolysis) is 1. The van der Waals surface area contributed by atoms with E-state index in [4.69, 9.17) is 4.74 Å². The molecule has 2 unspecified atom stereocenters. The molecule has 4 heterocycles. The largest absolute Gasteiger partial charge is 0.440 e. The number of benzene rings is 1. The number of nitrogens with one attached hydrogen (secondary N) is 1. The number of hydrogen-bond acceptors (Lipinski definition) is 3. The van der Waals surface area contributed by atoms with Crippen LogP contribution in [0.25, 0.3) is 0 Å². The van der Waals surface area contributed by atoms with Gasteiger partial charge in [0.05, 0.1) is 19.6 Å². The number of fused-ring (bicyclic) bond motifs is 3. The number of hydrogen-bond donors (Lipinski definition) is 1. The molecule has 0 spiro atoms. The van der Waals surface area contributed by atoms with Gasteiger partial charge < -0.3 is 14.5 Å². The van der Waals surface area contributed by atoms with E-state index in [1.165, 1.54) is 25.2 Å². The van der Waals surface area contributed by atoms with Crippen molar-refractivity contribution in [2.24, 2.45) is 11.8 Å². The Balaban J connectivity index is 1.33. The minimum atomic E-state index is -0.295. The predicted molar refractivity (Wildman–Crippen MR) is 124 cm³/mol. The highest BCUT2D eigenvalue weighted by Crippen LogP contribution is 2.44. The van der Waals surface area contributed by atoms with Gasteiger partial charge in [-0.15, -0.1) is 11.8 Å². The summed E-state index contributed by atoms with van der Waals surface area (Å²) in [5.74, 6) is 0.624. The number of nitrogens with zero attached hydrogens (tertiary/aromatic N) is 1. The number of aryl methyl sites for hydroxylation is 1. The van der Waals surface area contributed by atoms with Gasteiger partial charge in [0.1, 0.15) is 12.4 Å². The van der Waals surface area contributed by atoms with Crippen LogP contribution in [0, 0.1) is 17.7 Å². The third kappa shape index (κ3) is 5.01. The van der Waals surface area contributed by atoms with Gasteiger partial charge in [0, 0.05) is 30.1 Å².